The molecule has 3 N–H and O–H groups in total. The second-order valence-electron chi connectivity index (χ2n) is 6.60. The first-order valence-corrected chi connectivity index (χ1v) is 8.80. The van der Waals surface area contributed by atoms with Crippen LogP contribution in [0.3, 0.4) is 0 Å². The summed E-state index contributed by atoms with van der Waals surface area (Å²) in [6.07, 6.45) is 0. The molecule has 0 radical (unpaired) electrons. The topological polar surface area (TPSA) is 125 Å². The number of amides is 1. The highest BCUT2D eigenvalue weighted by Crippen LogP contribution is 2.34. The van der Waals surface area contributed by atoms with Gasteiger partial charge in [-0.05, 0) is 11.6 Å². The zero-order chi connectivity index (χ0) is 20.1. The molecule has 0 aliphatic carbocycles. The molecule has 0 bridgehead atoms. The Morgan fingerprint density at radius 1 is 1.07 bits per heavy atom. The maximum absolute atomic E-state index is 12.5. The van der Waals surface area contributed by atoms with Crippen LogP contribution in [-0.2, 0) is 0 Å². The fourth-order valence-electron chi connectivity index (χ4n) is 3.66. The van der Waals surface area contributed by atoms with Crippen molar-refractivity contribution >= 4 is 22.7 Å². The van der Waals surface area contributed by atoms with Crippen LogP contribution in [0.2, 0.25) is 0 Å². The summed E-state index contributed by atoms with van der Waals surface area (Å²) in [6.45, 7) is 0. The zero-order valence-electron chi connectivity index (χ0n) is 14.9. The van der Waals surface area contributed by atoms with Gasteiger partial charge in [-0.1, -0.05) is 48.5 Å². The van der Waals surface area contributed by atoms with E-state index in [2.05, 4.69) is 16.5 Å². The zero-order valence-corrected chi connectivity index (χ0v) is 14.9. The predicted molar refractivity (Wildman–Crippen MR) is 104 cm³/mol. The summed E-state index contributed by atoms with van der Waals surface area (Å²) >= 11 is 0. The number of aliphatic imine (C=N–C) groups is 1. The van der Waals surface area contributed by atoms with Gasteiger partial charge in [0.2, 0.25) is 0 Å². The Morgan fingerprint density at radius 3 is 2.55 bits per heavy atom. The molecule has 8 nitrogen and oxygen atoms in total. The third kappa shape index (κ3) is 2.38. The SMILES string of the molecule is N#CC1=C(N)N(C2=NC(=O)c3c2c2ccccc2oc3=O)NC1c1ccccc1. The third-order valence-electron chi connectivity index (χ3n) is 4.99. The molecule has 8 heteroatoms. The van der Waals surface area contributed by atoms with E-state index in [1.54, 1.807) is 24.3 Å². The lowest BCUT2D eigenvalue weighted by Crippen LogP contribution is -2.41. The summed E-state index contributed by atoms with van der Waals surface area (Å²) in [5, 5.41) is 11.6. The molecule has 0 saturated carbocycles. The minimum Gasteiger partial charge on any atom is -0.422 e. The van der Waals surface area contributed by atoms with Gasteiger partial charge in [0, 0.05) is 5.39 Å². The Kier molecular flexibility index (Phi) is 3.59. The number of fused-ring (bicyclic) bond motifs is 3. The Labute approximate surface area is 164 Å². The van der Waals surface area contributed by atoms with Gasteiger partial charge < -0.3 is 10.2 Å². The van der Waals surface area contributed by atoms with Crippen molar-refractivity contribution in [1.29, 1.82) is 5.26 Å². The summed E-state index contributed by atoms with van der Waals surface area (Å²) < 4.78 is 5.26. The quantitative estimate of drug-likeness (QED) is 0.615. The number of hydrazine groups is 1. The number of nitrogens with two attached hydrogens (primary N) is 1. The molecule has 1 unspecified atom stereocenters. The second kappa shape index (κ2) is 6.15. The number of nitriles is 1. The number of para-hydroxylation sites is 1. The number of carbonyl (C=O) groups is 1. The highest BCUT2D eigenvalue weighted by Gasteiger charge is 2.40. The Morgan fingerprint density at radius 2 is 1.79 bits per heavy atom. The van der Waals surface area contributed by atoms with Gasteiger partial charge in [0.1, 0.15) is 23.0 Å². The highest BCUT2D eigenvalue weighted by atomic mass is 16.4. The highest BCUT2D eigenvalue weighted by molar-refractivity contribution is 6.25. The van der Waals surface area contributed by atoms with Crippen LogP contribution >= 0.6 is 0 Å². The Bertz CT molecular complexity index is 1350. The summed E-state index contributed by atoms with van der Waals surface area (Å²) in [6, 6.07) is 17.8. The predicted octanol–water partition coefficient (Wildman–Crippen LogP) is 1.95. The van der Waals surface area contributed by atoms with Crippen molar-refractivity contribution in [2.24, 2.45) is 10.7 Å². The Hall–Kier alpha value is -4.22. The van der Waals surface area contributed by atoms with Crippen molar-refractivity contribution < 1.29 is 9.21 Å². The number of hydrogen-bond acceptors (Lipinski definition) is 7. The van der Waals surface area contributed by atoms with Crippen molar-refractivity contribution in [2.45, 2.75) is 6.04 Å². The van der Waals surface area contributed by atoms with Gasteiger partial charge in [-0.15, -0.1) is 0 Å². The van der Waals surface area contributed by atoms with E-state index >= 15 is 0 Å². The maximum atomic E-state index is 12.5. The molecule has 0 saturated heterocycles. The number of nitrogens with zero attached hydrogens (tertiary/aromatic N) is 3. The van der Waals surface area contributed by atoms with Crippen LogP contribution < -0.4 is 16.8 Å². The third-order valence-corrected chi connectivity index (χ3v) is 4.99. The van der Waals surface area contributed by atoms with Gasteiger partial charge >= 0.3 is 5.63 Å². The van der Waals surface area contributed by atoms with Crippen LogP contribution in [-0.4, -0.2) is 16.8 Å². The van der Waals surface area contributed by atoms with Crippen molar-refractivity contribution in [1.82, 2.24) is 10.4 Å². The van der Waals surface area contributed by atoms with Gasteiger partial charge in [0.05, 0.1) is 17.2 Å². The van der Waals surface area contributed by atoms with E-state index in [0.717, 1.165) is 5.56 Å². The molecule has 5 rings (SSSR count). The number of nitrogens with one attached hydrogen (secondary N) is 1. The average molecular weight is 383 g/mol. The van der Waals surface area contributed by atoms with Crippen LogP contribution in [0.15, 0.2) is 80.2 Å². The number of amidine groups is 1. The molecule has 0 fully saturated rings. The van der Waals surface area contributed by atoms with Crippen LogP contribution in [0.4, 0.5) is 0 Å². The van der Waals surface area contributed by atoms with Crippen LogP contribution in [0.5, 0.6) is 0 Å². The van der Waals surface area contributed by atoms with Crippen LogP contribution in [0.25, 0.3) is 11.0 Å². The second-order valence-corrected chi connectivity index (χ2v) is 6.60. The van der Waals surface area contributed by atoms with E-state index in [1.807, 2.05) is 30.3 Å². The molecule has 140 valence electrons. The van der Waals surface area contributed by atoms with Crippen molar-refractivity contribution in [2.75, 3.05) is 0 Å². The minimum atomic E-state index is -0.760. The fraction of sp³-hybridized carbons (Fsp3) is 0.0476. The number of rotatable bonds is 1. The molecule has 0 spiro atoms. The first-order valence-electron chi connectivity index (χ1n) is 8.80. The van der Waals surface area contributed by atoms with Gasteiger partial charge in [-0.25, -0.2) is 15.2 Å². The molecule has 29 heavy (non-hydrogen) atoms. The lowest BCUT2D eigenvalue weighted by atomic mass is 10.0. The Balaban J connectivity index is 1.69. The van der Waals surface area contributed by atoms with Crippen molar-refractivity contribution in [3.05, 3.63) is 93.1 Å². The smallest absolute Gasteiger partial charge is 0.350 e. The van der Waals surface area contributed by atoms with E-state index < -0.39 is 17.6 Å². The standard InChI is InChI=1S/C21H13N5O3/c22-10-13-17(11-6-2-1-3-7-11)25-26(18(13)23)19-15-12-8-4-5-9-14(12)29-21(28)16(15)20(27)24-19/h1-9,17,25H,23H2. The number of benzene rings is 2. The lowest BCUT2D eigenvalue weighted by Gasteiger charge is -2.22. The number of carbonyl (C=O) groups excluding carboxylic acids is 1. The van der Waals surface area contributed by atoms with Crippen molar-refractivity contribution in [3.8, 4) is 6.07 Å². The average Bonchev–Trinajstić information content (AvgIpc) is 3.26. The van der Waals surface area contributed by atoms with E-state index in [1.165, 1.54) is 5.01 Å². The van der Waals surface area contributed by atoms with E-state index in [9.17, 15) is 14.9 Å². The van der Waals surface area contributed by atoms with Crippen molar-refractivity contribution in [3.63, 3.8) is 0 Å². The molecule has 2 aliphatic heterocycles. The first kappa shape index (κ1) is 16.9. The van der Waals surface area contributed by atoms with Crippen LogP contribution in [0, 0.1) is 11.3 Å². The monoisotopic (exact) mass is 383 g/mol. The fourth-order valence-corrected chi connectivity index (χ4v) is 3.66. The van der Waals surface area contributed by atoms with Gasteiger partial charge in [0.25, 0.3) is 5.91 Å². The molecular formula is C21H13N5O3. The van der Waals surface area contributed by atoms with Gasteiger partial charge in [-0.2, -0.15) is 10.3 Å². The normalized spacial score (nSPS) is 18.2. The van der Waals surface area contributed by atoms with E-state index in [0.29, 0.717) is 22.1 Å². The van der Waals surface area contributed by atoms with Crippen LogP contribution in [0.1, 0.15) is 27.5 Å². The molecule has 2 aliphatic rings. The van der Waals surface area contributed by atoms with E-state index in [-0.39, 0.29) is 17.2 Å². The minimum absolute atomic E-state index is 0.123. The lowest BCUT2D eigenvalue weighted by molar-refractivity contribution is 0.100. The molecule has 1 aromatic heterocycles. The molecule has 3 aromatic rings. The van der Waals surface area contributed by atoms with E-state index in [4.69, 9.17) is 10.2 Å². The molecule has 3 heterocycles. The maximum Gasteiger partial charge on any atom is 0.350 e. The summed E-state index contributed by atoms with van der Waals surface area (Å²) in [5.41, 5.74) is 10.3. The number of hydrogen-bond donors (Lipinski definition) is 2. The molecule has 1 atom stereocenters. The molecule has 1 amide bonds. The summed E-state index contributed by atoms with van der Waals surface area (Å²) in [4.78, 5) is 28.9. The summed E-state index contributed by atoms with van der Waals surface area (Å²) in [5.74, 6) is -0.415. The van der Waals surface area contributed by atoms with Gasteiger partial charge in [0.15, 0.2) is 5.84 Å². The largest absolute Gasteiger partial charge is 0.422 e. The molecular weight excluding hydrogens is 370 g/mol. The summed E-state index contributed by atoms with van der Waals surface area (Å²) in [7, 11) is 0. The first-order chi connectivity index (χ1) is 14.1. The molecule has 2 aromatic carbocycles. The van der Waals surface area contributed by atoms with Gasteiger partial charge in [-0.3, -0.25) is 4.79 Å².